The molecule has 1 amide bonds. The number of carbonyl (C=O) groups excluding carboxylic acids is 2. The van der Waals surface area contributed by atoms with Crippen LogP contribution in [0.15, 0.2) is 0 Å². The standard InChI is InChI=1S/C12H23NO3/c1-8(7-10(14)16-6)11(15)13-9(2)12(3,4)5/h8-9H,7H2,1-6H3,(H,13,15)/t8-,9-/m1/s1. The van der Waals surface area contributed by atoms with E-state index in [-0.39, 0.29) is 35.7 Å². The minimum absolute atomic E-state index is 0.0145. The molecule has 4 heteroatoms. The second-order valence-electron chi connectivity index (χ2n) is 5.28. The van der Waals surface area contributed by atoms with Gasteiger partial charge in [-0.05, 0) is 12.3 Å². The van der Waals surface area contributed by atoms with Gasteiger partial charge in [0.15, 0.2) is 0 Å². The second-order valence-corrected chi connectivity index (χ2v) is 5.28. The van der Waals surface area contributed by atoms with Crippen molar-refractivity contribution < 1.29 is 14.3 Å². The molecule has 0 aliphatic heterocycles. The van der Waals surface area contributed by atoms with Gasteiger partial charge >= 0.3 is 5.97 Å². The molecule has 4 nitrogen and oxygen atoms in total. The molecule has 0 rings (SSSR count). The Labute approximate surface area is 97.7 Å². The van der Waals surface area contributed by atoms with Gasteiger partial charge in [0.25, 0.3) is 0 Å². The highest BCUT2D eigenvalue weighted by Gasteiger charge is 2.24. The molecule has 0 aromatic carbocycles. The molecule has 0 fully saturated rings. The summed E-state index contributed by atoms with van der Waals surface area (Å²) in [4.78, 5) is 22.7. The summed E-state index contributed by atoms with van der Waals surface area (Å²) in [6.45, 7) is 9.86. The lowest BCUT2D eigenvalue weighted by Crippen LogP contribution is -2.44. The van der Waals surface area contributed by atoms with Crippen LogP contribution in [-0.2, 0) is 14.3 Å². The molecule has 0 aromatic rings. The Morgan fingerprint density at radius 1 is 1.25 bits per heavy atom. The fraction of sp³-hybridized carbons (Fsp3) is 0.833. The SMILES string of the molecule is COC(=O)C[C@@H](C)C(=O)N[C@H](C)C(C)(C)C. The van der Waals surface area contributed by atoms with Crippen LogP contribution in [-0.4, -0.2) is 25.0 Å². The summed E-state index contributed by atoms with van der Waals surface area (Å²) in [5.41, 5.74) is 0.0145. The van der Waals surface area contributed by atoms with Crippen molar-refractivity contribution in [1.29, 1.82) is 0 Å². The first-order chi connectivity index (χ1) is 7.18. The van der Waals surface area contributed by atoms with E-state index in [0.717, 1.165) is 0 Å². The zero-order chi connectivity index (χ0) is 12.9. The maximum absolute atomic E-state index is 11.7. The Bertz CT molecular complexity index is 255. The van der Waals surface area contributed by atoms with E-state index in [1.165, 1.54) is 7.11 Å². The molecule has 0 saturated carbocycles. The van der Waals surface area contributed by atoms with Crippen LogP contribution >= 0.6 is 0 Å². The van der Waals surface area contributed by atoms with Crippen molar-refractivity contribution in [1.82, 2.24) is 5.32 Å². The van der Waals surface area contributed by atoms with Crippen LogP contribution in [0.4, 0.5) is 0 Å². The van der Waals surface area contributed by atoms with Gasteiger partial charge in [0.05, 0.1) is 13.5 Å². The molecular weight excluding hydrogens is 206 g/mol. The Morgan fingerprint density at radius 2 is 1.75 bits per heavy atom. The fourth-order valence-corrected chi connectivity index (χ4v) is 0.998. The Morgan fingerprint density at radius 3 is 2.12 bits per heavy atom. The van der Waals surface area contributed by atoms with Crippen LogP contribution in [0.3, 0.4) is 0 Å². The topological polar surface area (TPSA) is 55.4 Å². The molecule has 0 aliphatic carbocycles. The molecule has 1 N–H and O–H groups in total. The molecule has 0 saturated heterocycles. The second kappa shape index (κ2) is 5.87. The smallest absolute Gasteiger partial charge is 0.306 e. The number of nitrogens with one attached hydrogen (secondary N) is 1. The highest BCUT2D eigenvalue weighted by molar-refractivity contribution is 5.83. The fourth-order valence-electron chi connectivity index (χ4n) is 0.998. The molecule has 0 aromatic heterocycles. The lowest BCUT2D eigenvalue weighted by atomic mass is 9.87. The minimum Gasteiger partial charge on any atom is -0.469 e. The van der Waals surface area contributed by atoms with Crippen molar-refractivity contribution in [3.8, 4) is 0 Å². The number of methoxy groups -OCH3 is 1. The highest BCUT2D eigenvalue weighted by Crippen LogP contribution is 2.19. The van der Waals surface area contributed by atoms with Crippen LogP contribution in [0.1, 0.15) is 41.0 Å². The van der Waals surface area contributed by atoms with E-state index in [0.29, 0.717) is 0 Å². The molecule has 0 radical (unpaired) electrons. The summed E-state index contributed by atoms with van der Waals surface area (Å²) in [7, 11) is 1.32. The van der Waals surface area contributed by atoms with Crippen LogP contribution in [0, 0.1) is 11.3 Å². The minimum atomic E-state index is -0.355. The third kappa shape index (κ3) is 5.14. The number of amides is 1. The third-order valence-corrected chi connectivity index (χ3v) is 2.81. The lowest BCUT2D eigenvalue weighted by Gasteiger charge is -2.29. The van der Waals surface area contributed by atoms with Gasteiger partial charge in [0, 0.05) is 12.0 Å². The maximum Gasteiger partial charge on any atom is 0.306 e. The monoisotopic (exact) mass is 229 g/mol. The average Bonchev–Trinajstić information content (AvgIpc) is 2.15. The van der Waals surface area contributed by atoms with E-state index in [1.807, 2.05) is 6.92 Å². The number of hydrogen-bond acceptors (Lipinski definition) is 3. The van der Waals surface area contributed by atoms with Gasteiger partial charge in [-0.3, -0.25) is 9.59 Å². The first kappa shape index (κ1) is 14.9. The zero-order valence-corrected chi connectivity index (χ0v) is 11.1. The molecule has 0 spiro atoms. The zero-order valence-electron chi connectivity index (χ0n) is 11.1. The Hall–Kier alpha value is -1.06. The van der Waals surface area contributed by atoms with Gasteiger partial charge in [0.2, 0.25) is 5.91 Å². The van der Waals surface area contributed by atoms with Crippen molar-refractivity contribution in [2.75, 3.05) is 7.11 Å². The molecule has 94 valence electrons. The summed E-state index contributed by atoms with van der Waals surface area (Å²) < 4.78 is 4.52. The van der Waals surface area contributed by atoms with Gasteiger partial charge in [-0.25, -0.2) is 0 Å². The lowest BCUT2D eigenvalue weighted by molar-refractivity contribution is -0.144. The van der Waals surface area contributed by atoms with Crippen LogP contribution < -0.4 is 5.32 Å². The van der Waals surface area contributed by atoms with Gasteiger partial charge in [-0.2, -0.15) is 0 Å². The summed E-state index contributed by atoms with van der Waals surface area (Å²) in [6, 6.07) is 0.0695. The van der Waals surface area contributed by atoms with Gasteiger partial charge in [0.1, 0.15) is 0 Å². The van der Waals surface area contributed by atoms with E-state index in [9.17, 15) is 9.59 Å². The van der Waals surface area contributed by atoms with Crippen molar-refractivity contribution in [2.45, 2.75) is 47.1 Å². The molecule has 0 heterocycles. The van der Waals surface area contributed by atoms with Crippen molar-refractivity contribution in [2.24, 2.45) is 11.3 Å². The number of rotatable bonds is 4. The Kier molecular flexibility index (Phi) is 5.48. The van der Waals surface area contributed by atoms with Crippen molar-refractivity contribution in [3.05, 3.63) is 0 Å². The van der Waals surface area contributed by atoms with E-state index in [2.05, 4.69) is 30.8 Å². The number of hydrogen-bond donors (Lipinski definition) is 1. The van der Waals surface area contributed by atoms with Gasteiger partial charge < -0.3 is 10.1 Å². The van der Waals surface area contributed by atoms with Gasteiger partial charge in [-0.15, -0.1) is 0 Å². The number of esters is 1. The summed E-state index contributed by atoms with van der Waals surface area (Å²) in [6.07, 6.45) is 0.124. The van der Waals surface area contributed by atoms with Gasteiger partial charge in [-0.1, -0.05) is 27.7 Å². The quantitative estimate of drug-likeness (QED) is 0.747. The molecule has 0 bridgehead atoms. The summed E-state index contributed by atoms with van der Waals surface area (Å²) in [5.74, 6) is -0.809. The normalized spacial score (nSPS) is 15.1. The van der Waals surface area contributed by atoms with Crippen molar-refractivity contribution >= 4 is 11.9 Å². The summed E-state index contributed by atoms with van der Waals surface area (Å²) >= 11 is 0. The van der Waals surface area contributed by atoms with E-state index in [4.69, 9.17) is 0 Å². The number of ether oxygens (including phenoxy) is 1. The van der Waals surface area contributed by atoms with Crippen LogP contribution in [0.5, 0.6) is 0 Å². The largest absolute Gasteiger partial charge is 0.469 e. The van der Waals surface area contributed by atoms with E-state index in [1.54, 1.807) is 6.92 Å². The first-order valence-corrected chi connectivity index (χ1v) is 5.55. The molecule has 0 aliphatic rings. The van der Waals surface area contributed by atoms with Crippen LogP contribution in [0.25, 0.3) is 0 Å². The molecule has 0 unspecified atom stereocenters. The van der Waals surface area contributed by atoms with Crippen LogP contribution in [0.2, 0.25) is 0 Å². The Balaban J connectivity index is 4.21. The number of carbonyl (C=O) groups is 2. The van der Waals surface area contributed by atoms with E-state index >= 15 is 0 Å². The first-order valence-electron chi connectivity index (χ1n) is 5.55. The maximum atomic E-state index is 11.7. The molecule has 16 heavy (non-hydrogen) atoms. The average molecular weight is 229 g/mol. The highest BCUT2D eigenvalue weighted by atomic mass is 16.5. The predicted octanol–water partition coefficient (Wildman–Crippen LogP) is 1.74. The predicted molar refractivity (Wildman–Crippen MR) is 62.9 cm³/mol. The van der Waals surface area contributed by atoms with E-state index < -0.39 is 0 Å². The summed E-state index contributed by atoms with van der Waals surface area (Å²) in [5, 5.41) is 2.90. The third-order valence-electron chi connectivity index (χ3n) is 2.81. The van der Waals surface area contributed by atoms with Crippen molar-refractivity contribution in [3.63, 3.8) is 0 Å². The molecular formula is C12H23NO3. The molecule has 2 atom stereocenters.